The number of imidazole rings is 1. The average Bonchev–Trinajstić information content (AvgIpc) is 2.80. The number of para-hydroxylation sites is 1. The van der Waals surface area contributed by atoms with E-state index < -0.39 is 0 Å². The molecule has 1 aromatic heterocycles. The maximum Gasteiger partial charge on any atom is 0.141 e. The van der Waals surface area contributed by atoms with Crippen molar-refractivity contribution in [2.24, 2.45) is 0 Å². The molecule has 1 heterocycles. The van der Waals surface area contributed by atoms with Gasteiger partial charge in [-0.3, -0.25) is 0 Å². The number of halogens is 1. The van der Waals surface area contributed by atoms with Crippen LogP contribution in [0, 0.1) is 0 Å². The smallest absolute Gasteiger partial charge is 0.141 e. The summed E-state index contributed by atoms with van der Waals surface area (Å²) in [6.45, 7) is 6.72. The van der Waals surface area contributed by atoms with Crippen LogP contribution in [0.15, 0.2) is 54.6 Å². The normalized spacial score (nSPS) is 11.0. The van der Waals surface area contributed by atoms with E-state index in [1.165, 1.54) is 0 Å². The molecule has 2 aromatic carbocycles. The zero-order valence-corrected chi connectivity index (χ0v) is 12.6. The lowest BCUT2D eigenvalue weighted by Crippen LogP contribution is -2.01. The lowest BCUT2D eigenvalue weighted by atomic mass is 10.2. The first-order chi connectivity index (χ1) is 10.1. The third-order valence-electron chi connectivity index (χ3n) is 3.34. The van der Waals surface area contributed by atoms with E-state index in [0.29, 0.717) is 17.3 Å². The van der Waals surface area contributed by atoms with E-state index in [4.69, 9.17) is 22.3 Å². The molecule has 3 rings (SSSR count). The number of benzene rings is 2. The summed E-state index contributed by atoms with van der Waals surface area (Å²) in [5.74, 6) is 0.877. The molecule has 0 unspecified atom stereocenters. The number of nitrogen functional groups attached to an aromatic ring is 1. The van der Waals surface area contributed by atoms with Gasteiger partial charge in [0, 0.05) is 17.1 Å². The molecule has 0 atom stereocenters. The quantitative estimate of drug-likeness (QED) is 0.571. The van der Waals surface area contributed by atoms with E-state index in [1.54, 1.807) is 0 Å². The molecule has 21 heavy (non-hydrogen) atoms. The van der Waals surface area contributed by atoms with Crippen LogP contribution in [-0.4, -0.2) is 9.55 Å². The highest BCUT2D eigenvalue weighted by atomic mass is 35.5. The predicted molar refractivity (Wildman–Crippen MR) is 89.4 cm³/mol. The second-order valence-electron chi connectivity index (χ2n) is 5.20. The summed E-state index contributed by atoms with van der Waals surface area (Å²) in [6, 6.07) is 13.5. The van der Waals surface area contributed by atoms with Gasteiger partial charge >= 0.3 is 0 Å². The van der Waals surface area contributed by atoms with E-state index in [-0.39, 0.29) is 0 Å². The molecule has 0 amide bonds. The summed E-state index contributed by atoms with van der Waals surface area (Å²) in [5.41, 5.74) is 10.6. The molecule has 0 fully saturated rings. The second-order valence-corrected chi connectivity index (χ2v) is 5.64. The first kappa shape index (κ1) is 13.7. The van der Waals surface area contributed by atoms with Crippen LogP contribution in [0.2, 0.25) is 5.02 Å². The number of rotatable bonds is 3. The highest BCUT2D eigenvalue weighted by molar-refractivity contribution is 6.30. The Morgan fingerprint density at radius 2 is 1.95 bits per heavy atom. The van der Waals surface area contributed by atoms with Crippen LogP contribution in [0.4, 0.5) is 5.69 Å². The standard InChI is InChI=1S/C17H16ClN3/c1-11(2)10-21-15-5-3-4-14(19)16(15)20-17(21)12-6-8-13(18)9-7-12/h3-9H,1,10,19H2,2H3. The fraction of sp³-hybridized carbons (Fsp3) is 0.118. The maximum absolute atomic E-state index is 6.05. The van der Waals surface area contributed by atoms with Crippen LogP contribution in [0.1, 0.15) is 6.92 Å². The van der Waals surface area contributed by atoms with Crippen LogP contribution in [0.3, 0.4) is 0 Å². The Kier molecular flexibility index (Phi) is 3.43. The SMILES string of the molecule is C=C(C)Cn1c(-c2ccc(Cl)cc2)nc2c(N)cccc21. The Hall–Kier alpha value is -2.26. The van der Waals surface area contributed by atoms with Crippen molar-refractivity contribution in [3.05, 3.63) is 59.6 Å². The molecule has 2 N–H and O–H groups in total. The molecule has 0 saturated heterocycles. The second kappa shape index (κ2) is 5.26. The van der Waals surface area contributed by atoms with E-state index in [1.807, 2.05) is 49.4 Å². The third kappa shape index (κ3) is 2.52. The van der Waals surface area contributed by atoms with Crippen LogP contribution >= 0.6 is 11.6 Å². The number of anilines is 1. The number of nitrogens with zero attached hydrogens (tertiary/aromatic N) is 2. The summed E-state index contributed by atoms with van der Waals surface area (Å²) in [5, 5.41) is 0.709. The topological polar surface area (TPSA) is 43.8 Å². The lowest BCUT2D eigenvalue weighted by molar-refractivity contribution is 0.820. The van der Waals surface area contributed by atoms with Crippen molar-refractivity contribution in [1.82, 2.24) is 9.55 Å². The van der Waals surface area contributed by atoms with E-state index in [2.05, 4.69) is 11.1 Å². The zero-order valence-electron chi connectivity index (χ0n) is 11.8. The van der Waals surface area contributed by atoms with Crippen LogP contribution in [-0.2, 0) is 6.54 Å². The monoisotopic (exact) mass is 297 g/mol. The molecule has 0 aliphatic heterocycles. The van der Waals surface area contributed by atoms with Crippen molar-refractivity contribution in [3.8, 4) is 11.4 Å². The van der Waals surface area contributed by atoms with Crippen LogP contribution in [0.5, 0.6) is 0 Å². The molecular weight excluding hydrogens is 282 g/mol. The van der Waals surface area contributed by atoms with Crippen molar-refractivity contribution in [2.45, 2.75) is 13.5 Å². The van der Waals surface area contributed by atoms with Gasteiger partial charge in [0.25, 0.3) is 0 Å². The van der Waals surface area contributed by atoms with Gasteiger partial charge in [0.1, 0.15) is 11.3 Å². The number of hydrogen-bond donors (Lipinski definition) is 1. The molecule has 0 aliphatic carbocycles. The number of allylic oxidation sites excluding steroid dienone is 1. The van der Waals surface area contributed by atoms with E-state index >= 15 is 0 Å². The van der Waals surface area contributed by atoms with Gasteiger partial charge in [0.05, 0.1) is 11.2 Å². The number of hydrogen-bond acceptors (Lipinski definition) is 2. The molecule has 4 heteroatoms. The Labute approximate surface area is 128 Å². The van der Waals surface area contributed by atoms with Gasteiger partial charge < -0.3 is 10.3 Å². The van der Waals surface area contributed by atoms with Gasteiger partial charge in [-0.05, 0) is 43.3 Å². The Balaban J connectivity index is 2.27. The summed E-state index contributed by atoms with van der Waals surface area (Å²) in [4.78, 5) is 4.72. The summed E-state index contributed by atoms with van der Waals surface area (Å²) < 4.78 is 2.14. The van der Waals surface area contributed by atoms with Crippen molar-refractivity contribution < 1.29 is 0 Å². The third-order valence-corrected chi connectivity index (χ3v) is 3.59. The predicted octanol–water partition coefficient (Wildman–Crippen LogP) is 4.52. The number of nitrogens with two attached hydrogens (primary N) is 1. The minimum atomic E-state index is 0.683. The van der Waals surface area contributed by atoms with Gasteiger partial charge in [-0.25, -0.2) is 4.98 Å². The first-order valence-corrected chi connectivity index (χ1v) is 7.09. The van der Waals surface area contributed by atoms with Gasteiger partial charge in [0.2, 0.25) is 0 Å². The van der Waals surface area contributed by atoms with Crippen molar-refractivity contribution in [3.63, 3.8) is 0 Å². The molecule has 0 radical (unpaired) electrons. The minimum absolute atomic E-state index is 0.683. The Morgan fingerprint density at radius 1 is 1.24 bits per heavy atom. The Morgan fingerprint density at radius 3 is 2.62 bits per heavy atom. The highest BCUT2D eigenvalue weighted by Crippen LogP contribution is 2.29. The summed E-state index contributed by atoms with van der Waals surface area (Å²) in [6.07, 6.45) is 0. The number of aromatic nitrogens is 2. The van der Waals surface area contributed by atoms with Crippen LogP contribution in [0.25, 0.3) is 22.4 Å². The van der Waals surface area contributed by atoms with Crippen molar-refractivity contribution >= 4 is 28.3 Å². The van der Waals surface area contributed by atoms with Crippen molar-refractivity contribution in [1.29, 1.82) is 0 Å². The largest absolute Gasteiger partial charge is 0.397 e. The molecule has 106 valence electrons. The molecule has 3 nitrogen and oxygen atoms in total. The van der Waals surface area contributed by atoms with Gasteiger partial charge in [-0.15, -0.1) is 0 Å². The fourth-order valence-corrected chi connectivity index (χ4v) is 2.54. The molecule has 0 saturated carbocycles. The van der Waals surface area contributed by atoms with Gasteiger partial charge in [-0.2, -0.15) is 0 Å². The van der Waals surface area contributed by atoms with E-state index in [0.717, 1.165) is 28.0 Å². The summed E-state index contributed by atoms with van der Waals surface area (Å²) in [7, 11) is 0. The first-order valence-electron chi connectivity index (χ1n) is 6.71. The fourth-order valence-electron chi connectivity index (χ4n) is 2.42. The average molecular weight is 298 g/mol. The Bertz CT molecular complexity index is 816. The maximum atomic E-state index is 6.05. The molecule has 0 aliphatic rings. The molecule has 3 aromatic rings. The van der Waals surface area contributed by atoms with Gasteiger partial charge in [-0.1, -0.05) is 29.8 Å². The number of fused-ring (bicyclic) bond motifs is 1. The molecular formula is C17H16ClN3. The lowest BCUT2D eigenvalue weighted by Gasteiger charge is -2.09. The summed E-state index contributed by atoms with van der Waals surface area (Å²) >= 11 is 5.97. The minimum Gasteiger partial charge on any atom is -0.397 e. The zero-order chi connectivity index (χ0) is 15.0. The van der Waals surface area contributed by atoms with E-state index in [9.17, 15) is 0 Å². The molecule has 0 spiro atoms. The van der Waals surface area contributed by atoms with Gasteiger partial charge in [0.15, 0.2) is 0 Å². The highest BCUT2D eigenvalue weighted by Gasteiger charge is 2.14. The molecule has 0 bridgehead atoms. The van der Waals surface area contributed by atoms with Crippen LogP contribution < -0.4 is 5.73 Å². The van der Waals surface area contributed by atoms with Crippen molar-refractivity contribution in [2.75, 3.05) is 5.73 Å².